The highest BCUT2D eigenvalue weighted by molar-refractivity contribution is 4.73. The minimum atomic E-state index is -0.125. The fraction of sp³-hybridized carbons (Fsp3) is 1.00. The molecule has 1 aliphatic rings. The number of aliphatic hydroxyl groups is 1. The Morgan fingerprint density at radius 1 is 1.27 bits per heavy atom. The van der Waals surface area contributed by atoms with Crippen molar-refractivity contribution in [2.75, 3.05) is 6.54 Å². The summed E-state index contributed by atoms with van der Waals surface area (Å²) in [4.78, 5) is 0. The van der Waals surface area contributed by atoms with Crippen LogP contribution < -0.4 is 5.73 Å². The van der Waals surface area contributed by atoms with E-state index in [1.165, 1.54) is 32.1 Å². The molecule has 0 unspecified atom stereocenters. The first-order valence-electron chi connectivity index (χ1n) is 4.72. The Bertz CT molecular complexity index is 99.7. The van der Waals surface area contributed by atoms with Gasteiger partial charge in [-0.25, -0.2) is 0 Å². The quantitative estimate of drug-likeness (QED) is 0.648. The summed E-state index contributed by atoms with van der Waals surface area (Å²) < 4.78 is 0. The highest BCUT2D eigenvalue weighted by Gasteiger charge is 2.20. The molecule has 1 fully saturated rings. The third-order valence-corrected chi connectivity index (χ3v) is 2.66. The maximum atomic E-state index is 9.59. The lowest BCUT2D eigenvalue weighted by Crippen LogP contribution is -2.25. The zero-order valence-electron chi connectivity index (χ0n) is 7.13. The summed E-state index contributed by atoms with van der Waals surface area (Å²) in [7, 11) is 0. The molecule has 2 nitrogen and oxygen atoms in total. The zero-order chi connectivity index (χ0) is 8.10. The minimum Gasteiger partial charge on any atom is -0.393 e. The van der Waals surface area contributed by atoms with Gasteiger partial charge in [-0.05, 0) is 31.7 Å². The number of aliphatic hydroxyl groups excluding tert-OH is 1. The van der Waals surface area contributed by atoms with Gasteiger partial charge in [-0.3, -0.25) is 0 Å². The Morgan fingerprint density at radius 3 is 2.45 bits per heavy atom. The van der Waals surface area contributed by atoms with Crippen molar-refractivity contribution < 1.29 is 5.11 Å². The van der Waals surface area contributed by atoms with Crippen LogP contribution in [-0.4, -0.2) is 17.8 Å². The van der Waals surface area contributed by atoms with Crippen LogP contribution in [0.25, 0.3) is 0 Å². The molecule has 0 radical (unpaired) electrons. The van der Waals surface area contributed by atoms with Crippen LogP contribution in [0, 0.1) is 5.92 Å². The summed E-state index contributed by atoms with van der Waals surface area (Å²) in [5.41, 5.74) is 5.38. The van der Waals surface area contributed by atoms with E-state index in [1.807, 2.05) is 0 Å². The third kappa shape index (κ3) is 2.80. The predicted molar refractivity (Wildman–Crippen MR) is 46.3 cm³/mol. The topological polar surface area (TPSA) is 46.2 Å². The average molecular weight is 157 g/mol. The number of hydrogen-bond acceptors (Lipinski definition) is 2. The van der Waals surface area contributed by atoms with Crippen LogP contribution in [0.4, 0.5) is 0 Å². The second-order valence-corrected chi connectivity index (χ2v) is 3.54. The van der Waals surface area contributed by atoms with E-state index in [0.29, 0.717) is 12.5 Å². The van der Waals surface area contributed by atoms with Crippen molar-refractivity contribution in [2.45, 2.75) is 44.6 Å². The first-order chi connectivity index (χ1) is 5.34. The van der Waals surface area contributed by atoms with Gasteiger partial charge in [0.15, 0.2) is 0 Å². The normalized spacial score (nSPS) is 23.5. The summed E-state index contributed by atoms with van der Waals surface area (Å²) in [6.45, 7) is 0.623. The molecule has 66 valence electrons. The summed E-state index contributed by atoms with van der Waals surface area (Å²) >= 11 is 0. The lowest BCUT2D eigenvalue weighted by molar-refractivity contribution is 0.0794. The fourth-order valence-corrected chi connectivity index (χ4v) is 1.93. The van der Waals surface area contributed by atoms with Gasteiger partial charge in [-0.1, -0.05) is 19.3 Å². The van der Waals surface area contributed by atoms with Crippen LogP contribution in [0.5, 0.6) is 0 Å². The van der Waals surface area contributed by atoms with Crippen molar-refractivity contribution in [1.82, 2.24) is 0 Å². The minimum absolute atomic E-state index is 0.125. The van der Waals surface area contributed by atoms with Crippen molar-refractivity contribution in [2.24, 2.45) is 11.7 Å². The van der Waals surface area contributed by atoms with Gasteiger partial charge in [0.25, 0.3) is 0 Å². The SMILES string of the molecule is NCC[C@@H](O)C1CCCCC1. The smallest absolute Gasteiger partial charge is 0.0580 e. The first kappa shape index (κ1) is 9.01. The van der Waals surface area contributed by atoms with Crippen LogP contribution >= 0.6 is 0 Å². The number of hydrogen-bond donors (Lipinski definition) is 2. The highest BCUT2D eigenvalue weighted by Crippen LogP contribution is 2.27. The maximum absolute atomic E-state index is 9.59. The lowest BCUT2D eigenvalue weighted by Gasteiger charge is -2.26. The molecule has 3 N–H and O–H groups in total. The Hall–Kier alpha value is -0.0800. The molecule has 1 atom stereocenters. The summed E-state index contributed by atoms with van der Waals surface area (Å²) in [6.07, 6.45) is 7.03. The molecule has 0 amide bonds. The Balaban J connectivity index is 2.21. The van der Waals surface area contributed by atoms with E-state index in [9.17, 15) is 5.11 Å². The molecule has 0 saturated heterocycles. The molecule has 0 spiro atoms. The molecule has 0 heterocycles. The summed E-state index contributed by atoms with van der Waals surface area (Å²) in [5.74, 6) is 0.548. The molecule has 11 heavy (non-hydrogen) atoms. The van der Waals surface area contributed by atoms with Crippen LogP contribution in [0.15, 0.2) is 0 Å². The molecule has 2 heteroatoms. The average Bonchev–Trinajstić information content (AvgIpc) is 2.07. The third-order valence-electron chi connectivity index (χ3n) is 2.66. The molecule has 0 aromatic rings. The number of rotatable bonds is 3. The molecule has 0 bridgehead atoms. The van der Waals surface area contributed by atoms with Gasteiger partial charge in [0, 0.05) is 0 Å². The first-order valence-corrected chi connectivity index (χ1v) is 4.72. The van der Waals surface area contributed by atoms with Gasteiger partial charge in [0.1, 0.15) is 0 Å². The second kappa shape index (κ2) is 4.73. The molecule has 1 saturated carbocycles. The molecule has 1 rings (SSSR count). The van der Waals surface area contributed by atoms with Crippen molar-refractivity contribution in [3.05, 3.63) is 0 Å². The maximum Gasteiger partial charge on any atom is 0.0580 e. The lowest BCUT2D eigenvalue weighted by atomic mass is 9.84. The van der Waals surface area contributed by atoms with Crippen molar-refractivity contribution in [3.8, 4) is 0 Å². The summed E-state index contributed by atoms with van der Waals surface area (Å²) in [6, 6.07) is 0. The molecule has 0 aliphatic heterocycles. The van der Waals surface area contributed by atoms with Gasteiger partial charge < -0.3 is 10.8 Å². The molecule has 0 aromatic heterocycles. The Labute approximate surface area is 68.8 Å². The monoisotopic (exact) mass is 157 g/mol. The molecular weight excluding hydrogens is 138 g/mol. The Morgan fingerprint density at radius 2 is 1.91 bits per heavy atom. The van der Waals surface area contributed by atoms with E-state index >= 15 is 0 Å². The van der Waals surface area contributed by atoms with Crippen LogP contribution in [0.2, 0.25) is 0 Å². The van der Waals surface area contributed by atoms with Crippen LogP contribution in [0.1, 0.15) is 38.5 Å². The van der Waals surface area contributed by atoms with Gasteiger partial charge in [-0.2, -0.15) is 0 Å². The van der Waals surface area contributed by atoms with E-state index in [4.69, 9.17) is 5.73 Å². The largest absolute Gasteiger partial charge is 0.393 e. The van der Waals surface area contributed by atoms with E-state index < -0.39 is 0 Å². The van der Waals surface area contributed by atoms with Crippen molar-refractivity contribution in [3.63, 3.8) is 0 Å². The van der Waals surface area contributed by atoms with Gasteiger partial charge >= 0.3 is 0 Å². The molecule has 1 aliphatic carbocycles. The molecule has 0 aromatic carbocycles. The van der Waals surface area contributed by atoms with E-state index in [1.54, 1.807) is 0 Å². The number of nitrogens with two attached hydrogens (primary N) is 1. The highest BCUT2D eigenvalue weighted by atomic mass is 16.3. The molecular formula is C9H19NO. The van der Waals surface area contributed by atoms with Crippen molar-refractivity contribution in [1.29, 1.82) is 0 Å². The standard InChI is InChI=1S/C9H19NO/c10-7-6-9(11)8-4-2-1-3-5-8/h8-9,11H,1-7,10H2/t9-/m1/s1. The van der Waals surface area contributed by atoms with E-state index in [0.717, 1.165) is 6.42 Å². The second-order valence-electron chi connectivity index (χ2n) is 3.54. The van der Waals surface area contributed by atoms with Crippen LogP contribution in [-0.2, 0) is 0 Å². The van der Waals surface area contributed by atoms with Gasteiger partial charge in [0.2, 0.25) is 0 Å². The van der Waals surface area contributed by atoms with Crippen molar-refractivity contribution >= 4 is 0 Å². The summed E-state index contributed by atoms with van der Waals surface area (Å²) in [5, 5.41) is 9.59. The van der Waals surface area contributed by atoms with E-state index in [2.05, 4.69) is 0 Å². The predicted octanol–water partition coefficient (Wildman–Crippen LogP) is 1.28. The fourth-order valence-electron chi connectivity index (χ4n) is 1.93. The van der Waals surface area contributed by atoms with Gasteiger partial charge in [-0.15, -0.1) is 0 Å². The Kier molecular flexibility index (Phi) is 3.87. The van der Waals surface area contributed by atoms with Gasteiger partial charge in [0.05, 0.1) is 6.10 Å². The zero-order valence-corrected chi connectivity index (χ0v) is 7.13. The van der Waals surface area contributed by atoms with Crippen LogP contribution in [0.3, 0.4) is 0 Å². The van der Waals surface area contributed by atoms with E-state index in [-0.39, 0.29) is 6.10 Å².